The third kappa shape index (κ3) is 2.43. The molecule has 2 heteroatoms. The first kappa shape index (κ1) is 11.7. The lowest BCUT2D eigenvalue weighted by Gasteiger charge is -2.42. The second-order valence-corrected chi connectivity index (χ2v) is 6.36. The van der Waals surface area contributed by atoms with E-state index in [2.05, 4.69) is 17.5 Å². The van der Waals surface area contributed by atoms with E-state index in [0.717, 1.165) is 31.2 Å². The highest BCUT2D eigenvalue weighted by molar-refractivity contribution is 5.13. The van der Waals surface area contributed by atoms with Gasteiger partial charge in [0.25, 0.3) is 0 Å². The van der Waals surface area contributed by atoms with Crippen molar-refractivity contribution in [1.29, 1.82) is 0 Å². The Morgan fingerprint density at radius 3 is 2.65 bits per heavy atom. The molecule has 0 amide bonds. The summed E-state index contributed by atoms with van der Waals surface area (Å²) in [5.41, 5.74) is -0.413. The SMILES string of the molecule is OC1(CNC2CC3CC=CC32)CCCCCC1. The molecule has 0 saturated heterocycles. The molecule has 0 aromatic heterocycles. The fourth-order valence-electron chi connectivity index (χ4n) is 3.83. The monoisotopic (exact) mass is 235 g/mol. The van der Waals surface area contributed by atoms with Crippen LogP contribution in [0.25, 0.3) is 0 Å². The third-order valence-corrected chi connectivity index (χ3v) is 5.09. The second kappa shape index (κ2) is 4.74. The fraction of sp³-hybridized carbons (Fsp3) is 0.867. The van der Waals surface area contributed by atoms with Gasteiger partial charge in [-0.2, -0.15) is 0 Å². The molecule has 2 N–H and O–H groups in total. The number of hydrogen-bond acceptors (Lipinski definition) is 2. The van der Waals surface area contributed by atoms with E-state index in [1.807, 2.05) is 0 Å². The molecule has 2 nitrogen and oxygen atoms in total. The second-order valence-electron chi connectivity index (χ2n) is 6.36. The van der Waals surface area contributed by atoms with E-state index in [9.17, 15) is 5.11 Å². The highest BCUT2D eigenvalue weighted by Crippen LogP contribution is 2.42. The Hall–Kier alpha value is -0.340. The molecule has 3 aliphatic rings. The summed E-state index contributed by atoms with van der Waals surface area (Å²) < 4.78 is 0. The number of hydrogen-bond donors (Lipinski definition) is 2. The first-order chi connectivity index (χ1) is 8.27. The summed E-state index contributed by atoms with van der Waals surface area (Å²) in [6, 6.07) is 0.644. The topological polar surface area (TPSA) is 32.3 Å². The molecule has 0 aromatic carbocycles. The Morgan fingerprint density at radius 2 is 1.94 bits per heavy atom. The van der Waals surface area contributed by atoms with Crippen molar-refractivity contribution in [2.75, 3.05) is 6.54 Å². The molecule has 0 spiro atoms. The summed E-state index contributed by atoms with van der Waals surface area (Å²) in [4.78, 5) is 0. The van der Waals surface area contributed by atoms with Gasteiger partial charge in [-0.3, -0.25) is 0 Å². The van der Waals surface area contributed by atoms with Gasteiger partial charge in [0.15, 0.2) is 0 Å². The molecule has 3 atom stereocenters. The van der Waals surface area contributed by atoms with Crippen molar-refractivity contribution in [3.63, 3.8) is 0 Å². The van der Waals surface area contributed by atoms with Crippen molar-refractivity contribution in [2.24, 2.45) is 11.8 Å². The summed E-state index contributed by atoms with van der Waals surface area (Å²) in [6.07, 6.45) is 14.3. The number of allylic oxidation sites excluding steroid dienone is 1. The molecule has 0 aromatic rings. The smallest absolute Gasteiger partial charge is 0.0771 e. The highest BCUT2D eigenvalue weighted by Gasteiger charge is 2.41. The van der Waals surface area contributed by atoms with E-state index in [4.69, 9.17) is 0 Å². The van der Waals surface area contributed by atoms with Gasteiger partial charge in [0, 0.05) is 12.6 Å². The molecule has 0 aliphatic heterocycles. The largest absolute Gasteiger partial charge is 0.389 e. The van der Waals surface area contributed by atoms with Gasteiger partial charge in [-0.15, -0.1) is 0 Å². The van der Waals surface area contributed by atoms with E-state index in [1.54, 1.807) is 0 Å². The summed E-state index contributed by atoms with van der Waals surface area (Å²) in [7, 11) is 0. The van der Waals surface area contributed by atoms with Gasteiger partial charge in [0.1, 0.15) is 0 Å². The minimum Gasteiger partial charge on any atom is -0.389 e. The van der Waals surface area contributed by atoms with Crippen LogP contribution in [0.5, 0.6) is 0 Å². The minimum atomic E-state index is -0.413. The molecule has 2 saturated carbocycles. The summed E-state index contributed by atoms with van der Waals surface area (Å²) in [5, 5.41) is 14.2. The Bertz CT molecular complexity index is 291. The van der Waals surface area contributed by atoms with Crippen LogP contribution in [0, 0.1) is 11.8 Å². The predicted octanol–water partition coefficient (Wildman–Crippen LogP) is 2.63. The lowest BCUT2D eigenvalue weighted by molar-refractivity contribution is 0.0134. The molecule has 17 heavy (non-hydrogen) atoms. The maximum Gasteiger partial charge on any atom is 0.0771 e. The van der Waals surface area contributed by atoms with Crippen LogP contribution in [0.4, 0.5) is 0 Å². The maximum absolute atomic E-state index is 10.6. The summed E-state index contributed by atoms with van der Waals surface area (Å²) in [6.45, 7) is 0.814. The Balaban J connectivity index is 1.48. The lowest BCUT2D eigenvalue weighted by Crippen LogP contribution is -2.53. The van der Waals surface area contributed by atoms with Gasteiger partial charge in [0.2, 0.25) is 0 Å². The number of fused-ring (bicyclic) bond motifs is 1. The molecule has 0 bridgehead atoms. The molecule has 3 aliphatic carbocycles. The molecule has 96 valence electrons. The van der Waals surface area contributed by atoms with Gasteiger partial charge in [-0.1, -0.05) is 37.8 Å². The molecule has 3 unspecified atom stereocenters. The van der Waals surface area contributed by atoms with Crippen LogP contribution in [0.1, 0.15) is 51.4 Å². The van der Waals surface area contributed by atoms with Crippen LogP contribution in [-0.4, -0.2) is 23.3 Å². The van der Waals surface area contributed by atoms with E-state index in [-0.39, 0.29) is 0 Å². The van der Waals surface area contributed by atoms with Crippen molar-refractivity contribution in [3.8, 4) is 0 Å². The number of nitrogens with one attached hydrogen (secondary N) is 1. The normalized spacial score (nSPS) is 39.5. The van der Waals surface area contributed by atoms with E-state index < -0.39 is 5.60 Å². The predicted molar refractivity (Wildman–Crippen MR) is 69.8 cm³/mol. The Morgan fingerprint density at radius 1 is 1.18 bits per heavy atom. The van der Waals surface area contributed by atoms with Gasteiger partial charge >= 0.3 is 0 Å². The third-order valence-electron chi connectivity index (χ3n) is 5.09. The molecule has 3 rings (SSSR count). The van der Waals surface area contributed by atoms with Crippen LogP contribution in [0.3, 0.4) is 0 Å². The highest BCUT2D eigenvalue weighted by atomic mass is 16.3. The van der Waals surface area contributed by atoms with Gasteiger partial charge in [0.05, 0.1) is 5.60 Å². The van der Waals surface area contributed by atoms with Crippen molar-refractivity contribution in [3.05, 3.63) is 12.2 Å². The van der Waals surface area contributed by atoms with Gasteiger partial charge in [-0.05, 0) is 37.5 Å². The quantitative estimate of drug-likeness (QED) is 0.582. The van der Waals surface area contributed by atoms with Gasteiger partial charge < -0.3 is 10.4 Å². The van der Waals surface area contributed by atoms with Crippen molar-refractivity contribution >= 4 is 0 Å². The molecule has 0 heterocycles. The van der Waals surface area contributed by atoms with Crippen LogP contribution < -0.4 is 5.32 Å². The van der Waals surface area contributed by atoms with Crippen LogP contribution >= 0.6 is 0 Å². The standard InChI is InChI=1S/C15H25NO/c17-15(8-3-1-2-4-9-15)11-16-14-10-12-6-5-7-13(12)14/h5,7,12-14,16-17H,1-4,6,8-11H2. The summed E-state index contributed by atoms with van der Waals surface area (Å²) in [5.74, 6) is 1.68. The zero-order valence-corrected chi connectivity index (χ0v) is 10.7. The average Bonchev–Trinajstić information content (AvgIpc) is 2.53. The Labute approximate surface area is 104 Å². The van der Waals surface area contributed by atoms with Crippen LogP contribution in [-0.2, 0) is 0 Å². The lowest BCUT2D eigenvalue weighted by atomic mass is 9.71. The van der Waals surface area contributed by atoms with Crippen molar-refractivity contribution < 1.29 is 5.11 Å². The maximum atomic E-state index is 10.6. The van der Waals surface area contributed by atoms with E-state index in [1.165, 1.54) is 38.5 Å². The minimum absolute atomic E-state index is 0.413. The van der Waals surface area contributed by atoms with E-state index >= 15 is 0 Å². The van der Waals surface area contributed by atoms with Crippen LogP contribution in [0.2, 0.25) is 0 Å². The van der Waals surface area contributed by atoms with Crippen molar-refractivity contribution in [1.82, 2.24) is 5.32 Å². The first-order valence-electron chi connectivity index (χ1n) is 7.39. The molecular formula is C15H25NO. The Kier molecular flexibility index (Phi) is 3.27. The molecule has 2 fully saturated rings. The zero-order valence-electron chi connectivity index (χ0n) is 10.7. The van der Waals surface area contributed by atoms with Crippen LogP contribution in [0.15, 0.2) is 12.2 Å². The van der Waals surface area contributed by atoms with Gasteiger partial charge in [-0.25, -0.2) is 0 Å². The fourth-order valence-corrected chi connectivity index (χ4v) is 3.83. The van der Waals surface area contributed by atoms with E-state index in [0.29, 0.717) is 6.04 Å². The molecular weight excluding hydrogens is 210 g/mol. The number of aliphatic hydroxyl groups is 1. The zero-order chi connectivity index (χ0) is 11.7. The number of rotatable bonds is 3. The van der Waals surface area contributed by atoms with Crippen molar-refractivity contribution in [2.45, 2.75) is 63.0 Å². The summed E-state index contributed by atoms with van der Waals surface area (Å²) >= 11 is 0. The first-order valence-corrected chi connectivity index (χ1v) is 7.39. The average molecular weight is 235 g/mol. The molecule has 0 radical (unpaired) electrons.